The zero-order valence-corrected chi connectivity index (χ0v) is 46.4. The molecule has 0 fully saturated rings. The lowest BCUT2D eigenvalue weighted by molar-refractivity contribution is 1.02. The van der Waals surface area contributed by atoms with Gasteiger partial charge < -0.3 is 4.98 Å². The van der Waals surface area contributed by atoms with Crippen LogP contribution < -0.4 is 0 Å². The third-order valence-corrected chi connectivity index (χ3v) is 18.3. The molecule has 9 heteroatoms. The fraction of sp³-hybridized carbons (Fsp3) is 0. The van der Waals surface area contributed by atoms with Crippen LogP contribution in [0.2, 0.25) is 0 Å². The molecule has 0 bridgehead atoms. The lowest BCUT2D eigenvalue weighted by atomic mass is 10.00. The Hall–Kier alpha value is -9.64. The van der Waals surface area contributed by atoms with Gasteiger partial charge in [-0.25, -0.2) is 19.9 Å². The highest BCUT2D eigenvalue weighted by atomic mass is 79.9. The van der Waals surface area contributed by atoms with Gasteiger partial charge in [-0.1, -0.05) is 218 Å². The van der Waals surface area contributed by atoms with Gasteiger partial charge in [0.15, 0.2) is 4.73 Å². The Labute approximate surface area is 480 Å². The maximum Gasteiger partial charge on any atom is 0.235 e. The van der Waals surface area contributed by atoms with Crippen LogP contribution in [0.3, 0.4) is 0 Å². The molecule has 0 atom stereocenters. The molecule has 0 unspecified atom stereocenters. The summed E-state index contributed by atoms with van der Waals surface area (Å²) >= 11 is 7.14. The van der Waals surface area contributed by atoms with E-state index in [2.05, 4.69) is 242 Å². The van der Waals surface area contributed by atoms with Crippen LogP contribution in [0.25, 0.3) is 156 Å². The zero-order chi connectivity index (χ0) is 53.5. The number of H-pyrrole nitrogens is 1. The third kappa shape index (κ3) is 7.72. The minimum Gasteiger partial charge on any atom is -0.354 e. The Morgan fingerprint density at radius 2 is 0.778 bits per heavy atom. The van der Waals surface area contributed by atoms with E-state index in [1.165, 1.54) is 94.5 Å². The molecule has 6 nitrogen and oxygen atoms in total. The first-order valence-electron chi connectivity index (χ1n) is 26.9. The number of hydrogen-bond acceptors (Lipinski definition) is 6. The van der Waals surface area contributed by atoms with E-state index in [9.17, 15) is 0 Å². The summed E-state index contributed by atoms with van der Waals surface area (Å²) in [6, 6.07) is 89.3. The first kappa shape index (κ1) is 47.4. The van der Waals surface area contributed by atoms with Crippen molar-refractivity contribution in [1.29, 1.82) is 0 Å². The average Bonchev–Trinajstić information content (AvgIpc) is 2.68. The predicted octanol–water partition coefficient (Wildman–Crippen LogP) is 20.8. The van der Waals surface area contributed by atoms with Crippen LogP contribution in [0.15, 0.2) is 260 Å². The molecule has 0 amide bonds. The first-order chi connectivity index (χ1) is 40.1. The highest BCUT2D eigenvalue weighted by Gasteiger charge is 2.24. The number of hydrogen-bond donors (Lipinski definition) is 1. The number of aromatic amines is 1. The molecule has 0 radical (unpaired) electrons. The van der Waals surface area contributed by atoms with Gasteiger partial charge in [0.25, 0.3) is 0 Å². The van der Waals surface area contributed by atoms with E-state index in [4.69, 9.17) is 9.97 Å². The van der Waals surface area contributed by atoms with Crippen molar-refractivity contribution in [3.05, 3.63) is 260 Å². The summed E-state index contributed by atoms with van der Waals surface area (Å²) < 4.78 is 8.28. The highest BCUT2D eigenvalue weighted by Crippen LogP contribution is 2.49. The van der Waals surface area contributed by atoms with Crippen LogP contribution in [-0.2, 0) is 0 Å². The number of para-hydroxylation sites is 4. The van der Waals surface area contributed by atoms with Crippen molar-refractivity contribution in [3.8, 4) is 28.5 Å². The lowest BCUT2D eigenvalue weighted by Gasteiger charge is -2.13. The van der Waals surface area contributed by atoms with E-state index in [-0.39, 0.29) is 0 Å². The molecule has 6 aromatic heterocycles. The Bertz CT molecular complexity index is 5510. The minimum atomic E-state index is 0.620. The Kier molecular flexibility index (Phi) is 11.3. The van der Waals surface area contributed by atoms with E-state index >= 15 is 0 Å². The predicted molar refractivity (Wildman–Crippen MR) is 349 cm³/mol. The van der Waals surface area contributed by atoms with E-state index in [0.717, 1.165) is 55.4 Å². The molecule has 18 aromatic rings. The maximum absolute atomic E-state index is 5.30. The third-order valence-electron chi connectivity index (χ3n) is 15.6. The molecule has 1 N–H and O–H groups in total. The van der Waals surface area contributed by atoms with Crippen LogP contribution in [0, 0.1) is 0 Å². The fourth-order valence-corrected chi connectivity index (χ4v) is 15.1. The molecule has 0 saturated carbocycles. The fourth-order valence-electron chi connectivity index (χ4n) is 12.2. The molecule has 0 aliphatic heterocycles. The Balaban J connectivity index is 0.000000112. The molecule has 0 aliphatic carbocycles. The number of halogens is 1. The molecule has 0 spiro atoms. The summed E-state index contributed by atoms with van der Waals surface area (Å²) in [6.07, 6.45) is 0. The molecule has 12 aromatic carbocycles. The average molecular weight is 1140 g/mol. The van der Waals surface area contributed by atoms with Gasteiger partial charge >= 0.3 is 0 Å². The second kappa shape index (κ2) is 19.3. The molecule has 0 aliphatic rings. The summed E-state index contributed by atoms with van der Waals surface area (Å²) in [5.41, 5.74) is 10.7. The second-order valence-electron chi connectivity index (χ2n) is 20.2. The smallest absolute Gasteiger partial charge is 0.235 e. The summed E-state index contributed by atoms with van der Waals surface area (Å²) in [4.78, 5) is 23.0. The van der Waals surface area contributed by atoms with Crippen molar-refractivity contribution < 1.29 is 0 Å². The summed E-state index contributed by atoms with van der Waals surface area (Å²) in [5.74, 6) is 0.689. The van der Waals surface area contributed by atoms with Crippen LogP contribution in [0.5, 0.6) is 0 Å². The van der Waals surface area contributed by atoms with Gasteiger partial charge in [0, 0.05) is 100 Å². The minimum absolute atomic E-state index is 0.620. The largest absolute Gasteiger partial charge is 0.354 e. The number of nitrogens with zero attached hydrogens (tertiary/aromatic N) is 5. The maximum atomic E-state index is 5.30. The summed E-state index contributed by atoms with van der Waals surface area (Å²) in [7, 11) is 0. The van der Waals surface area contributed by atoms with Crippen LogP contribution in [-0.4, -0.2) is 29.5 Å². The summed E-state index contributed by atoms with van der Waals surface area (Å²) in [6.45, 7) is 0. The van der Waals surface area contributed by atoms with E-state index < -0.39 is 0 Å². The number of fused-ring (bicyclic) bond motifs is 22. The number of aromatic nitrogens is 6. The topological polar surface area (TPSA) is 72.3 Å². The van der Waals surface area contributed by atoms with Crippen molar-refractivity contribution in [3.63, 3.8) is 0 Å². The van der Waals surface area contributed by atoms with E-state index in [1.807, 2.05) is 71.2 Å². The Morgan fingerprint density at radius 3 is 1.41 bits per heavy atom. The molecule has 6 heterocycles. The quantitative estimate of drug-likeness (QED) is 0.179. The van der Waals surface area contributed by atoms with Crippen LogP contribution in [0.1, 0.15) is 0 Å². The molecular weight excluding hydrogens is 1090 g/mol. The van der Waals surface area contributed by atoms with Crippen molar-refractivity contribution in [2.45, 2.75) is 0 Å². The number of rotatable bonds is 3. The first-order valence-corrected chi connectivity index (χ1v) is 29.3. The molecule has 18 rings (SSSR count). The van der Waals surface area contributed by atoms with Crippen LogP contribution >= 0.6 is 38.6 Å². The van der Waals surface area contributed by atoms with Gasteiger partial charge in [0.05, 0.1) is 39.0 Å². The lowest BCUT2D eigenvalue weighted by Crippen LogP contribution is -2.03. The number of thiophene rings is 2. The monoisotopic (exact) mass is 1130 g/mol. The molecule has 380 valence electrons. The number of benzene rings is 12. The summed E-state index contributed by atoms with van der Waals surface area (Å²) in [5, 5.41) is 17.8. The highest BCUT2D eigenvalue weighted by molar-refractivity contribution is 9.10. The van der Waals surface area contributed by atoms with Crippen LogP contribution in [0.4, 0.5) is 0 Å². The Morgan fingerprint density at radius 1 is 0.333 bits per heavy atom. The van der Waals surface area contributed by atoms with Crippen molar-refractivity contribution in [2.24, 2.45) is 0 Å². The standard InChI is InChI=1S/C36H21N3S.C22H13NS.C14H9BrN2/c1-2-12-22(13-3-1)33-25-16-6-9-19-28(25)37-36(38-33)39-29-20-10-7-17-26(29)32-34(39)24-15-5-4-14-23(24)31-27-18-8-11-21-30(27)40-35(31)32;1-2-8-14-13(7-1)19-16-10-4-6-12-18(16)24-22(19)20-15-9-3-5-11-17(15)23-21(14)20;15-14-16-12-9-5-4-8-11(12)13(17-14)10-6-2-1-3-7-10/h1-21H;1-12,23H;1-9H. The van der Waals surface area contributed by atoms with Gasteiger partial charge in [-0.3, -0.25) is 4.57 Å². The van der Waals surface area contributed by atoms with Crippen molar-refractivity contribution in [1.82, 2.24) is 29.5 Å². The molecule has 81 heavy (non-hydrogen) atoms. The van der Waals surface area contributed by atoms with Gasteiger partial charge in [0.1, 0.15) is 0 Å². The van der Waals surface area contributed by atoms with E-state index in [1.54, 1.807) is 0 Å². The van der Waals surface area contributed by atoms with Gasteiger partial charge in [0.2, 0.25) is 5.95 Å². The van der Waals surface area contributed by atoms with Crippen molar-refractivity contribution >= 4 is 166 Å². The molecular formula is C72H43BrN6S2. The SMILES string of the molecule is Brc1nc(-c2ccccc2)c2ccccc2n1.c1ccc(-c2nc(-n3c4ccccc4c4c5sc6ccccc6c5c5ccccc5c43)nc3ccccc23)cc1.c1ccc2c(c1)[nH]c1c3ccccc3c3c4ccccc4sc3c21. The van der Waals surface area contributed by atoms with Gasteiger partial charge in [-0.15, -0.1) is 22.7 Å². The normalized spacial score (nSPS) is 11.8. The van der Waals surface area contributed by atoms with E-state index in [0.29, 0.717) is 10.7 Å². The second-order valence-corrected chi connectivity index (χ2v) is 23.0. The number of nitrogens with one attached hydrogen (secondary N) is 1. The zero-order valence-electron chi connectivity index (χ0n) is 43.2. The van der Waals surface area contributed by atoms with Gasteiger partial charge in [-0.2, -0.15) is 0 Å². The molecule has 0 saturated heterocycles. The van der Waals surface area contributed by atoms with Gasteiger partial charge in [-0.05, 0) is 63.1 Å². The van der Waals surface area contributed by atoms with Crippen molar-refractivity contribution in [2.75, 3.05) is 0 Å².